The molecule has 1 N–H and O–H groups in total. The van der Waals surface area contributed by atoms with Gasteiger partial charge in [0.15, 0.2) is 0 Å². The van der Waals surface area contributed by atoms with E-state index in [1.165, 1.54) is 5.56 Å². The van der Waals surface area contributed by atoms with Gasteiger partial charge in [0.1, 0.15) is 5.75 Å². The zero-order chi connectivity index (χ0) is 13.1. The fourth-order valence-corrected chi connectivity index (χ4v) is 2.88. The molecule has 4 heteroatoms. The van der Waals surface area contributed by atoms with Crippen LogP contribution in [-0.2, 0) is 6.42 Å². The molecule has 0 bridgehead atoms. The second-order valence-corrected chi connectivity index (χ2v) is 5.39. The van der Waals surface area contributed by atoms with Gasteiger partial charge in [0, 0.05) is 30.7 Å². The van der Waals surface area contributed by atoms with Crippen molar-refractivity contribution < 1.29 is 4.74 Å². The molecular weight excluding hydrogens is 248 g/mol. The standard InChI is InChI=1S/C14H21ClN2O/c1-10-6-12(15)7-11(14(10)18-3)8-13-9-16-4-5-17(13)2/h6-7,13,16H,4-5,8-9H2,1-3H3. The highest BCUT2D eigenvalue weighted by Gasteiger charge is 2.21. The average Bonchev–Trinajstić information content (AvgIpc) is 2.31. The largest absolute Gasteiger partial charge is 0.496 e. The van der Waals surface area contributed by atoms with E-state index < -0.39 is 0 Å². The Morgan fingerprint density at radius 1 is 1.50 bits per heavy atom. The highest BCUT2D eigenvalue weighted by molar-refractivity contribution is 6.30. The Kier molecular flexibility index (Phi) is 4.49. The Bertz CT molecular complexity index is 423. The first-order chi connectivity index (χ1) is 8.61. The Morgan fingerprint density at radius 2 is 2.28 bits per heavy atom. The van der Waals surface area contributed by atoms with Crippen molar-refractivity contribution in [3.63, 3.8) is 0 Å². The van der Waals surface area contributed by atoms with Crippen molar-refractivity contribution in [2.24, 2.45) is 0 Å². The van der Waals surface area contributed by atoms with E-state index in [0.29, 0.717) is 6.04 Å². The van der Waals surface area contributed by atoms with Crippen LogP contribution in [0.5, 0.6) is 5.75 Å². The second kappa shape index (κ2) is 5.91. The third-order valence-corrected chi connectivity index (χ3v) is 3.84. The molecule has 0 saturated carbocycles. The molecule has 18 heavy (non-hydrogen) atoms. The van der Waals surface area contributed by atoms with Crippen LogP contribution in [0, 0.1) is 6.92 Å². The number of rotatable bonds is 3. The Hall–Kier alpha value is -0.770. The van der Waals surface area contributed by atoms with E-state index in [1.807, 2.05) is 19.1 Å². The number of hydrogen-bond donors (Lipinski definition) is 1. The van der Waals surface area contributed by atoms with Gasteiger partial charge in [0.2, 0.25) is 0 Å². The number of nitrogens with zero attached hydrogens (tertiary/aromatic N) is 1. The van der Waals surface area contributed by atoms with Crippen LogP contribution in [0.2, 0.25) is 5.02 Å². The number of aryl methyl sites for hydroxylation is 1. The maximum Gasteiger partial charge on any atom is 0.125 e. The Labute approximate surface area is 114 Å². The second-order valence-electron chi connectivity index (χ2n) is 4.96. The molecule has 2 rings (SSSR count). The van der Waals surface area contributed by atoms with Crippen LogP contribution >= 0.6 is 11.6 Å². The predicted octanol–water partition coefficient (Wildman–Crippen LogP) is 2.10. The quantitative estimate of drug-likeness (QED) is 0.909. The van der Waals surface area contributed by atoms with Crippen LogP contribution in [0.25, 0.3) is 0 Å². The van der Waals surface area contributed by atoms with E-state index in [2.05, 4.69) is 17.3 Å². The predicted molar refractivity (Wildman–Crippen MR) is 75.7 cm³/mol. The monoisotopic (exact) mass is 268 g/mol. The zero-order valence-corrected chi connectivity index (χ0v) is 12.0. The topological polar surface area (TPSA) is 24.5 Å². The van der Waals surface area contributed by atoms with E-state index in [0.717, 1.165) is 42.4 Å². The summed E-state index contributed by atoms with van der Waals surface area (Å²) in [5, 5.41) is 4.22. The van der Waals surface area contributed by atoms with E-state index in [-0.39, 0.29) is 0 Å². The van der Waals surface area contributed by atoms with Gasteiger partial charge in [-0.05, 0) is 43.7 Å². The Morgan fingerprint density at radius 3 is 2.94 bits per heavy atom. The number of methoxy groups -OCH3 is 1. The molecule has 0 amide bonds. The summed E-state index contributed by atoms with van der Waals surface area (Å²) in [5.74, 6) is 0.971. The summed E-state index contributed by atoms with van der Waals surface area (Å²) in [6, 6.07) is 4.48. The molecule has 3 nitrogen and oxygen atoms in total. The molecule has 0 aromatic heterocycles. The van der Waals surface area contributed by atoms with Crippen LogP contribution in [-0.4, -0.2) is 44.7 Å². The number of hydrogen-bond acceptors (Lipinski definition) is 3. The minimum atomic E-state index is 0.505. The van der Waals surface area contributed by atoms with Gasteiger partial charge in [-0.2, -0.15) is 0 Å². The van der Waals surface area contributed by atoms with Gasteiger partial charge in [0.25, 0.3) is 0 Å². The summed E-state index contributed by atoms with van der Waals surface area (Å²) in [7, 11) is 3.90. The summed E-state index contributed by atoms with van der Waals surface area (Å²) in [6.07, 6.45) is 0.966. The molecule has 100 valence electrons. The summed E-state index contributed by atoms with van der Waals surface area (Å²) < 4.78 is 5.51. The molecule has 1 atom stereocenters. The lowest BCUT2D eigenvalue weighted by Gasteiger charge is -2.33. The molecule has 1 saturated heterocycles. The van der Waals surface area contributed by atoms with Crippen molar-refractivity contribution >= 4 is 11.6 Å². The molecular formula is C14H21ClN2O. The van der Waals surface area contributed by atoms with E-state index in [1.54, 1.807) is 7.11 Å². The fraction of sp³-hybridized carbons (Fsp3) is 0.571. The lowest BCUT2D eigenvalue weighted by Crippen LogP contribution is -2.50. The number of benzene rings is 1. The smallest absolute Gasteiger partial charge is 0.125 e. The Balaban J connectivity index is 2.22. The maximum absolute atomic E-state index is 6.15. The number of halogens is 1. The lowest BCUT2D eigenvalue weighted by atomic mass is 10.0. The summed E-state index contributed by atoms with van der Waals surface area (Å²) in [5.41, 5.74) is 2.30. The van der Waals surface area contributed by atoms with Crippen LogP contribution in [0.3, 0.4) is 0 Å². The molecule has 1 aliphatic heterocycles. The van der Waals surface area contributed by atoms with Crippen molar-refractivity contribution in [1.29, 1.82) is 0 Å². The summed E-state index contributed by atoms with van der Waals surface area (Å²) >= 11 is 6.15. The van der Waals surface area contributed by atoms with Gasteiger partial charge >= 0.3 is 0 Å². The van der Waals surface area contributed by atoms with Gasteiger partial charge in [-0.25, -0.2) is 0 Å². The molecule has 1 aromatic rings. The molecule has 1 aliphatic rings. The molecule has 1 aromatic carbocycles. The first-order valence-electron chi connectivity index (χ1n) is 6.35. The molecule has 1 heterocycles. The number of piperazine rings is 1. The molecule has 1 fully saturated rings. The van der Waals surface area contributed by atoms with E-state index >= 15 is 0 Å². The number of nitrogens with one attached hydrogen (secondary N) is 1. The van der Waals surface area contributed by atoms with Crippen molar-refractivity contribution in [3.05, 3.63) is 28.3 Å². The minimum Gasteiger partial charge on any atom is -0.496 e. The SMILES string of the molecule is COc1c(C)cc(Cl)cc1CC1CNCCN1C. The van der Waals surface area contributed by atoms with Gasteiger partial charge in [-0.15, -0.1) is 0 Å². The van der Waals surface area contributed by atoms with Crippen molar-refractivity contribution in [3.8, 4) is 5.75 Å². The van der Waals surface area contributed by atoms with E-state index in [4.69, 9.17) is 16.3 Å². The van der Waals surface area contributed by atoms with Gasteiger partial charge in [0.05, 0.1) is 7.11 Å². The van der Waals surface area contributed by atoms with Crippen LogP contribution in [0.1, 0.15) is 11.1 Å². The van der Waals surface area contributed by atoms with Gasteiger partial charge in [-0.1, -0.05) is 11.6 Å². The average molecular weight is 269 g/mol. The highest BCUT2D eigenvalue weighted by atomic mass is 35.5. The van der Waals surface area contributed by atoms with Crippen LogP contribution in [0.4, 0.5) is 0 Å². The molecule has 0 spiro atoms. The zero-order valence-electron chi connectivity index (χ0n) is 11.3. The fourth-order valence-electron chi connectivity index (χ4n) is 2.59. The molecule has 1 unspecified atom stereocenters. The minimum absolute atomic E-state index is 0.505. The highest BCUT2D eigenvalue weighted by Crippen LogP contribution is 2.29. The molecule has 0 aliphatic carbocycles. The third kappa shape index (κ3) is 2.97. The maximum atomic E-state index is 6.15. The van der Waals surface area contributed by atoms with Crippen LogP contribution < -0.4 is 10.1 Å². The van der Waals surface area contributed by atoms with Crippen molar-refractivity contribution in [1.82, 2.24) is 10.2 Å². The summed E-state index contributed by atoms with van der Waals surface area (Å²) in [4.78, 5) is 2.40. The van der Waals surface area contributed by atoms with Crippen molar-refractivity contribution in [2.75, 3.05) is 33.8 Å². The first kappa shape index (κ1) is 13.7. The third-order valence-electron chi connectivity index (χ3n) is 3.62. The summed E-state index contributed by atoms with van der Waals surface area (Å²) in [6.45, 7) is 5.22. The number of ether oxygens (including phenoxy) is 1. The first-order valence-corrected chi connectivity index (χ1v) is 6.73. The number of likely N-dealkylation sites (N-methyl/N-ethyl adjacent to an activating group) is 1. The van der Waals surface area contributed by atoms with Crippen LogP contribution in [0.15, 0.2) is 12.1 Å². The lowest BCUT2D eigenvalue weighted by molar-refractivity contribution is 0.198. The van der Waals surface area contributed by atoms with Gasteiger partial charge < -0.3 is 15.0 Å². The van der Waals surface area contributed by atoms with Gasteiger partial charge in [-0.3, -0.25) is 0 Å². The molecule has 0 radical (unpaired) electrons. The van der Waals surface area contributed by atoms with Crippen molar-refractivity contribution in [2.45, 2.75) is 19.4 Å². The normalized spacial score (nSPS) is 21.0. The van der Waals surface area contributed by atoms with E-state index in [9.17, 15) is 0 Å².